The van der Waals surface area contributed by atoms with Gasteiger partial charge in [-0.2, -0.15) is 0 Å². The van der Waals surface area contributed by atoms with Gasteiger partial charge in [-0.1, -0.05) is 4.49 Å². The average molecular weight is 353 g/mol. The summed E-state index contributed by atoms with van der Waals surface area (Å²) in [4.78, 5) is 29.0. The van der Waals surface area contributed by atoms with Crippen molar-refractivity contribution in [1.82, 2.24) is 24.0 Å². The predicted molar refractivity (Wildman–Crippen MR) is 84.7 cm³/mol. The first-order valence-corrected chi connectivity index (χ1v) is 7.92. The van der Waals surface area contributed by atoms with Gasteiger partial charge in [-0.25, -0.2) is 9.55 Å². The van der Waals surface area contributed by atoms with Gasteiger partial charge in [0.05, 0.1) is 26.8 Å². The molecule has 1 aliphatic rings. The zero-order valence-electron chi connectivity index (χ0n) is 12.8. The number of morpholine rings is 1. The smallest absolute Gasteiger partial charge is 0.342 e. The lowest BCUT2D eigenvalue weighted by atomic mass is 10.4. The number of hydrogen-bond donors (Lipinski definition) is 1. The van der Waals surface area contributed by atoms with Gasteiger partial charge < -0.3 is 20.2 Å². The number of carbonyl (C=O) groups excluding carboxylic acids is 1. The lowest BCUT2D eigenvalue weighted by Crippen LogP contribution is -2.41. The molecule has 24 heavy (non-hydrogen) atoms. The maximum atomic E-state index is 12.2. The molecule has 0 spiro atoms. The van der Waals surface area contributed by atoms with Crippen molar-refractivity contribution in [3.8, 4) is 10.7 Å². The first-order valence-electron chi connectivity index (χ1n) is 7.15. The number of imidazole rings is 1. The molecule has 3 heterocycles. The summed E-state index contributed by atoms with van der Waals surface area (Å²) in [6.07, 6.45) is 1.16. The van der Waals surface area contributed by atoms with Crippen LogP contribution in [0, 0.1) is 10.1 Å². The molecule has 0 saturated carbocycles. The molecule has 1 aliphatic heterocycles. The Kier molecular flexibility index (Phi) is 4.78. The van der Waals surface area contributed by atoms with Gasteiger partial charge in [0.15, 0.2) is 10.7 Å². The third-order valence-electron chi connectivity index (χ3n) is 3.57. The van der Waals surface area contributed by atoms with E-state index in [0.29, 0.717) is 37.0 Å². The maximum absolute atomic E-state index is 12.2. The van der Waals surface area contributed by atoms with Crippen LogP contribution >= 0.6 is 11.5 Å². The van der Waals surface area contributed by atoms with E-state index in [1.165, 1.54) is 11.6 Å². The SMILES string of the molecule is Cn1c([N+](=O)[O-])cnc1-c1snnc1NC(=O)CN1CCOCC1. The molecule has 0 radical (unpaired) electrons. The monoisotopic (exact) mass is 353 g/mol. The first-order chi connectivity index (χ1) is 11.6. The van der Waals surface area contributed by atoms with Gasteiger partial charge in [0, 0.05) is 13.1 Å². The number of nitrogens with one attached hydrogen (secondary N) is 1. The summed E-state index contributed by atoms with van der Waals surface area (Å²) in [6, 6.07) is 0. The highest BCUT2D eigenvalue weighted by Crippen LogP contribution is 2.30. The molecule has 3 rings (SSSR count). The summed E-state index contributed by atoms with van der Waals surface area (Å²) < 4.78 is 10.4. The molecule has 128 valence electrons. The van der Waals surface area contributed by atoms with Gasteiger partial charge in [0.2, 0.25) is 11.7 Å². The van der Waals surface area contributed by atoms with E-state index in [1.54, 1.807) is 0 Å². The number of rotatable bonds is 5. The van der Waals surface area contributed by atoms with Crippen molar-refractivity contribution in [2.45, 2.75) is 0 Å². The fraction of sp³-hybridized carbons (Fsp3) is 0.500. The number of nitrogens with zero attached hydrogens (tertiary/aromatic N) is 6. The molecule has 0 aromatic carbocycles. The van der Waals surface area contributed by atoms with Crippen molar-refractivity contribution in [2.24, 2.45) is 7.05 Å². The number of anilines is 1. The molecule has 1 N–H and O–H groups in total. The molecule has 0 atom stereocenters. The zero-order chi connectivity index (χ0) is 17.1. The van der Waals surface area contributed by atoms with Crippen molar-refractivity contribution >= 4 is 29.1 Å². The predicted octanol–water partition coefficient (Wildman–Crippen LogP) is 0.117. The summed E-state index contributed by atoms with van der Waals surface area (Å²) in [5, 5.41) is 17.5. The molecule has 1 amide bonds. The molecule has 1 saturated heterocycles. The van der Waals surface area contributed by atoms with E-state index >= 15 is 0 Å². The maximum Gasteiger partial charge on any atom is 0.342 e. The average Bonchev–Trinajstić information content (AvgIpc) is 3.14. The molecule has 0 bridgehead atoms. The quantitative estimate of drug-likeness (QED) is 0.593. The minimum absolute atomic E-state index is 0.149. The van der Waals surface area contributed by atoms with Crippen LogP contribution in [-0.4, -0.2) is 67.7 Å². The standard InChI is InChI=1S/C12H15N7O4S/c1-17-9(19(21)22)6-13-12(17)10-11(15-16-24-10)14-8(20)7-18-2-4-23-5-3-18/h6H,2-5,7H2,1H3,(H,14,20). The van der Waals surface area contributed by atoms with Crippen molar-refractivity contribution in [3.05, 3.63) is 16.3 Å². The van der Waals surface area contributed by atoms with Gasteiger partial charge in [-0.05, 0) is 16.5 Å². The summed E-state index contributed by atoms with van der Waals surface area (Å²) in [5.74, 6) is 0.207. The summed E-state index contributed by atoms with van der Waals surface area (Å²) in [7, 11) is 1.53. The largest absolute Gasteiger partial charge is 0.379 e. The van der Waals surface area contributed by atoms with Gasteiger partial charge in [0.25, 0.3) is 0 Å². The van der Waals surface area contributed by atoms with E-state index in [1.807, 2.05) is 4.90 Å². The van der Waals surface area contributed by atoms with Crippen molar-refractivity contribution < 1.29 is 14.5 Å². The minimum atomic E-state index is -0.526. The van der Waals surface area contributed by atoms with Crippen LogP contribution in [0.1, 0.15) is 0 Å². The van der Waals surface area contributed by atoms with Gasteiger partial charge in [0.1, 0.15) is 6.20 Å². The van der Waals surface area contributed by atoms with E-state index in [2.05, 4.69) is 19.9 Å². The summed E-state index contributed by atoms with van der Waals surface area (Å²) in [6.45, 7) is 2.82. The number of nitro groups is 1. The fourth-order valence-electron chi connectivity index (χ4n) is 2.33. The van der Waals surface area contributed by atoms with Crippen LogP contribution in [0.3, 0.4) is 0 Å². The minimum Gasteiger partial charge on any atom is -0.379 e. The first kappa shape index (κ1) is 16.4. The molecular weight excluding hydrogens is 338 g/mol. The Labute approximate surface area is 140 Å². The fourth-order valence-corrected chi connectivity index (χ4v) is 2.99. The van der Waals surface area contributed by atoms with Crippen molar-refractivity contribution in [3.63, 3.8) is 0 Å². The van der Waals surface area contributed by atoms with Crippen LogP contribution in [0.5, 0.6) is 0 Å². The molecular formula is C12H15N7O4S. The third kappa shape index (κ3) is 3.39. The lowest BCUT2D eigenvalue weighted by Gasteiger charge is -2.25. The van der Waals surface area contributed by atoms with Crippen molar-refractivity contribution in [1.29, 1.82) is 0 Å². The summed E-state index contributed by atoms with van der Waals surface area (Å²) in [5.41, 5.74) is 0. The number of ether oxygens (including phenoxy) is 1. The van der Waals surface area contributed by atoms with E-state index in [4.69, 9.17) is 4.74 Å². The van der Waals surface area contributed by atoms with Crippen molar-refractivity contribution in [2.75, 3.05) is 38.2 Å². The Morgan fingerprint density at radius 3 is 2.92 bits per heavy atom. The molecule has 2 aromatic rings. The lowest BCUT2D eigenvalue weighted by molar-refractivity contribution is -0.391. The Morgan fingerprint density at radius 2 is 2.25 bits per heavy atom. The van der Waals surface area contributed by atoms with Crippen LogP contribution in [0.15, 0.2) is 6.20 Å². The normalized spacial score (nSPS) is 15.4. The number of amides is 1. The second-order valence-corrected chi connectivity index (χ2v) is 5.90. The number of carbonyl (C=O) groups is 1. The molecule has 12 heteroatoms. The van der Waals surface area contributed by atoms with Crippen LogP contribution in [0.4, 0.5) is 11.6 Å². The molecule has 2 aromatic heterocycles. The second kappa shape index (κ2) is 6.98. The van der Waals surface area contributed by atoms with Gasteiger partial charge in [-0.15, -0.1) is 5.10 Å². The number of hydrogen-bond acceptors (Lipinski definition) is 9. The Bertz CT molecular complexity index is 752. The van der Waals surface area contributed by atoms with Crippen LogP contribution in [-0.2, 0) is 16.6 Å². The van der Waals surface area contributed by atoms with E-state index < -0.39 is 4.92 Å². The Morgan fingerprint density at radius 1 is 1.50 bits per heavy atom. The Balaban J connectivity index is 1.73. The van der Waals surface area contributed by atoms with E-state index in [-0.39, 0.29) is 24.1 Å². The zero-order valence-corrected chi connectivity index (χ0v) is 13.7. The van der Waals surface area contributed by atoms with Gasteiger partial charge in [-0.3, -0.25) is 9.69 Å². The molecule has 0 aliphatic carbocycles. The highest BCUT2D eigenvalue weighted by atomic mass is 32.1. The van der Waals surface area contributed by atoms with Gasteiger partial charge >= 0.3 is 5.82 Å². The molecule has 1 fully saturated rings. The van der Waals surface area contributed by atoms with Crippen LogP contribution in [0.2, 0.25) is 0 Å². The van der Waals surface area contributed by atoms with Crippen LogP contribution in [0.25, 0.3) is 10.7 Å². The highest BCUT2D eigenvalue weighted by molar-refractivity contribution is 7.09. The Hall–Kier alpha value is -2.44. The van der Waals surface area contributed by atoms with E-state index in [9.17, 15) is 14.9 Å². The molecule has 11 nitrogen and oxygen atoms in total. The third-order valence-corrected chi connectivity index (χ3v) is 4.29. The highest BCUT2D eigenvalue weighted by Gasteiger charge is 2.24. The van der Waals surface area contributed by atoms with Crippen LogP contribution < -0.4 is 5.32 Å². The summed E-state index contributed by atoms with van der Waals surface area (Å²) >= 11 is 1.01. The second-order valence-electron chi connectivity index (χ2n) is 5.14. The molecule has 0 unspecified atom stereocenters. The number of aromatic nitrogens is 4. The topological polar surface area (TPSA) is 128 Å². The van der Waals surface area contributed by atoms with E-state index in [0.717, 1.165) is 17.7 Å².